The molecule has 0 fully saturated rings. The van der Waals surface area contributed by atoms with Crippen LogP contribution in [-0.2, 0) is 4.74 Å². The van der Waals surface area contributed by atoms with Crippen molar-refractivity contribution in [3.8, 4) is 0 Å². The number of carbonyl (C=O) groups excluding carboxylic acids is 1. The summed E-state index contributed by atoms with van der Waals surface area (Å²) in [6.45, 7) is 1.96. The molecule has 4 heteroatoms. The highest BCUT2D eigenvalue weighted by atomic mass is 19.1. The first-order chi connectivity index (χ1) is 7.57. The van der Waals surface area contributed by atoms with Crippen molar-refractivity contribution >= 4 is 5.78 Å². The summed E-state index contributed by atoms with van der Waals surface area (Å²) in [5.74, 6) is -1.26. The van der Waals surface area contributed by atoms with Crippen molar-refractivity contribution in [3.05, 3.63) is 35.6 Å². The van der Waals surface area contributed by atoms with Crippen LogP contribution in [0, 0.1) is 11.7 Å². The number of rotatable bonds is 5. The van der Waals surface area contributed by atoms with E-state index >= 15 is 0 Å². The molecule has 1 aromatic carbocycles. The highest BCUT2D eigenvalue weighted by Crippen LogP contribution is 2.14. The van der Waals surface area contributed by atoms with Crippen LogP contribution in [0.15, 0.2) is 24.3 Å². The SMILES string of the molecule is COCC(N)C(C)C(=O)c1ccccc1F. The second kappa shape index (κ2) is 5.72. The van der Waals surface area contributed by atoms with Crippen LogP contribution < -0.4 is 5.73 Å². The molecule has 0 radical (unpaired) electrons. The van der Waals surface area contributed by atoms with Gasteiger partial charge in [-0.15, -0.1) is 0 Å². The van der Waals surface area contributed by atoms with Gasteiger partial charge in [0, 0.05) is 19.1 Å². The predicted octanol–water partition coefficient (Wildman–Crippen LogP) is 1.62. The maximum atomic E-state index is 13.4. The molecule has 3 nitrogen and oxygen atoms in total. The fourth-order valence-corrected chi connectivity index (χ4v) is 1.44. The minimum absolute atomic E-state index is 0.0848. The molecule has 88 valence electrons. The van der Waals surface area contributed by atoms with Gasteiger partial charge in [-0.2, -0.15) is 0 Å². The molecule has 2 unspecified atom stereocenters. The second-order valence-electron chi connectivity index (χ2n) is 3.75. The first kappa shape index (κ1) is 12.8. The van der Waals surface area contributed by atoms with E-state index in [1.54, 1.807) is 19.1 Å². The Bertz CT molecular complexity index is 368. The first-order valence-electron chi connectivity index (χ1n) is 5.11. The largest absolute Gasteiger partial charge is 0.383 e. The van der Waals surface area contributed by atoms with Gasteiger partial charge in [0.2, 0.25) is 0 Å². The summed E-state index contributed by atoms with van der Waals surface area (Å²) < 4.78 is 18.2. The van der Waals surface area contributed by atoms with Gasteiger partial charge in [0.05, 0.1) is 12.2 Å². The van der Waals surface area contributed by atoms with Gasteiger partial charge in [0.1, 0.15) is 5.82 Å². The van der Waals surface area contributed by atoms with Crippen LogP contribution in [0.3, 0.4) is 0 Å². The molecule has 0 bridgehead atoms. The number of ketones is 1. The molecule has 0 spiro atoms. The molecular weight excluding hydrogens is 209 g/mol. The number of ether oxygens (including phenoxy) is 1. The standard InChI is InChI=1S/C12H16FNO2/c1-8(11(14)7-16-2)12(15)9-5-3-4-6-10(9)13/h3-6,8,11H,7,14H2,1-2H3. The van der Waals surface area contributed by atoms with Gasteiger partial charge in [-0.25, -0.2) is 4.39 Å². The molecule has 1 aromatic rings. The molecule has 0 saturated heterocycles. The Morgan fingerprint density at radius 3 is 2.69 bits per heavy atom. The van der Waals surface area contributed by atoms with Gasteiger partial charge in [-0.3, -0.25) is 4.79 Å². The van der Waals surface area contributed by atoms with Crippen molar-refractivity contribution in [2.24, 2.45) is 11.7 Å². The molecule has 2 atom stereocenters. The Hall–Kier alpha value is -1.26. The summed E-state index contributed by atoms with van der Waals surface area (Å²) in [4.78, 5) is 11.9. The summed E-state index contributed by atoms with van der Waals surface area (Å²) in [6, 6.07) is 5.49. The monoisotopic (exact) mass is 225 g/mol. The third kappa shape index (κ3) is 2.87. The van der Waals surface area contributed by atoms with Crippen molar-refractivity contribution in [3.63, 3.8) is 0 Å². The fraction of sp³-hybridized carbons (Fsp3) is 0.417. The van der Waals surface area contributed by atoms with Gasteiger partial charge < -0.3 is 10.5 Å². The van der Waals surface area contributed by atoms with E-state index < -0.39 is 17.8 Å². The summed E-state index contributed by atoms with van der Waals surface area (Å²) in [7, 11) is 1.51. The fourth-order valence-electron chi connectivity index (χ4n) is 1.44. The Morgan fingerprint density at radius 2 is 2.12 bits per heavy atom. The van der Waals surface area contributed by atoms with Gasteiger partial charge >= 0.3 is 0 Å². The quantitative estimate of drug-likeness (QED) is 0.775. The Morgan fingerprint density at radius 1 is 1.50 bits per heavy atom. The lowest BCUT2D eigenvalue weighted by Crippen LogP contribution is -2.37. The minimum atomic E-state index is -0.510. The summed E-state index contributed by atoms with van der Waals surface area (Å²) in [5, 5.41) is 0. The maximum absolute atomic E-state index is 13.4. The molecule has 1 rings (SSSR count). The number of benzene rings is 1. The van der Waals surface area contributed by atoms with Crippen LogP contribution >= 0.6 is 0 Å². The zero-order chi connectivity index (χ0) is 12.1. The van der Waals surface area contributed by atoms with Crippen LogP contribution in [0.25, 0.3) is 0 Å². The van der Waals surface area contributed by atoms with E-state index in [2.05, 4.69) is 0 Å². The van der Waals surface area contributed by atoms with Gasteiger partial charge in [-0.1, -0.05) is 19.1 Å². The third-order valence-corrected chi connectivity index (χ3v) is 2.55. The molecule has 0 amide bonds. The zero-order valence-corrected chi connectivity index (χ0v) is 9.44. The molecule has 0 aliphatic carbocycles. The molecule has 0 aliphatic rings. The lowest BCUT2D eigenvalue weighted by atomic mass is 9.93. The maximum Gasteiger partial charge on any atom is 0.170 e. The summed E-state index contributed by atoms with van der Waals surface area (Å²) in [6.07, 6.45) is 0. The van der Waals surface area contributed by atoms with E-state index in [9.17, 15) is 9.18 Å². The van der Waals surface area contributed by atoms with Gasteiger partial charge in [-0.05, 0) is 12.1 Å². The van der Waals surface area contributed by atoms with E-state index in [4.69, 9.17) is 10.5 Å². The summed E-state index contributed by atoms with van der Waals surface area (Å²) in [5.41, 5.74) is 5.83. The van der Waals surface area contributed by atoms with Crippen molar-refractivity contribution < 1.29 is 13.9 Å². The number of halogens is 1. The molecule has 0 saturated carbocycles. The Kier molecular flexibility index (Phi) is 4.58. The molecule has 16 heavy (non-hydrogen) atoms. The number of hydrogen-bond donors (Lipinski definition) is 1. The van der Waals surface area contributed by atoms with Crippen LogP contribution in [0.4, 0.5) is 4.39 Å². The topological polar surface area (TPSA) is 52.3 Å². The van der Waals surface area contributed by atoms with Gasteiger partial charge in [0.15, 0.2) is 5.78 Å². The number of nitrogens with two attached hydrogens (primary N) is 1. The van der Waals surface area contributed by atoms with Crippen molar-refractivity contribution in [2.45, 2.75) is 13.0 Å². The van der Waals surface area contributed by atoms with E-state index in [1.165, 1.54) is 19.2 Å². The third-order valence-electron chi connectivity index (χ3n) is 2.55. The van der Waals surface area contributed by atoms with Crippen LogP contribution in [0.2, 0.25) is 0 Å². The van der Waals surface area contributed by atoms with E-state index in [0.717, 1.165) is 0 Å². The first-order valence-corrected chi connectivity index (χ1v) is 5.11. The average molecular weight is 225 g/mol. The summed E-state index contributed by atoms with van der Waals surface area (Å²) >= 11 is 0. The van der Waals surface area contributed by atoms with Gasteiger partial charge in [0.25, 0.3) is 0 Å². The van der Waals surface area contributed by atoms with Crippen molar-refractivity contribution in [1.29, 1.82) is 0 Å². The van der Waals surface area contributed by atoms with Crippen molar-refractivity contribution in [1.82, 2.24) is 0 Å². The van der Waals surface area contributed by atoms with Crippen LogP contribution in [0.5, 0.6) is 0 Å². The highest BCUT2D eigenvalue weighted by molar-refractivity contribution is 5.98. The van der Waals surface area contributed by atoms with Crippen LogP contribution in [-0.4, -0.2) is 25.5 Å². The van der Waals surface area contributed by atoms with E-state index in [0.29, 0.717) is 0 Å². The molecular formula is C12H16FNO2. The normalized spacial score (nSPS) is 14.5. The molecule has 0 heterocycles. The lowest BCUT2D eigenvalue weighted by Gasteiger charge is -2.18. The average Bonchev–Trinajstić information content (AvgIpc) is 2.28. The molecule has 2 N–H and O–H groups in total. The number of carbonyl (C=O) groups is 1. The number of Topliss-reactive ketones (excluding diaryl/α,β-unsaturated/α-hetero) is 1. The van der Waals surface area contributed by atoms with Crippen molar-refractivity contribution in [2.75, 3.05) is 13.7 Å². The van der Waals surface area contributed by atoms with E-state index in [-0.39, 0.29) is 18.0 Å². The lowest BCUT2D eigenvalue weighted by molar-refractivity contribution is 0.0862. The molecule has 0 aromatic heterocycles. The zero-order valence-electron chi connectivity index (χ0n) is 9.44. The number of methoxy groups -OCH3 is 1. The highest BCUT2D eigenvalue weighted by Gasteiger charge is 2.23. The Balaban J connectivity index is 2.82. The second-order valence-corrected chi connectivity index (χ2v) is 3.75. The molecule has 0 aliphatic heterocycles. The van der Waals surface area contributed by atoms with E-state index in [1.807, 2.05) is 0 Å². The number of hydrogen-bond acceptors (Lipinski definition) is 3. The van der Waals surface area contributed by atoms with Crippen LogP contribution in [0.1, 0.15) is 17.3 Å². The predicted molar refractivity (Wildman–Crippen MR) is 59.7 cm³/mol. The minimum Gasteiger partial charge on any atom is -0.383 e. The smallest absolute Gasteiger partial charge is 0.170 e. The Labute approximate surface area is 94.4 Å².